The fourth-order valence-corrected chi connectivity index (χ4v) is 1.72. The summed E-state index contributed by atoms with van der Waals surface area (Å²) in [5, 5.41) is 6.21. The van der Waals surface area contributed by atoms with E-state index in [2.05, 4.69) is 47.5 Å². The third-order valence-electron chi connectivity index (χ3n) is 2.62. The monoisotopic (exact) mass is 270 g/mol. The van der Waals surface area contributed by atoms with Crippen LogP contribution in [0.5, 0.6) is 0 Å². The summed E-state index contributed by atoms with van der Waals surface area (Å²) in [6.07, 6.45) is 5.90. The van der Waals surface area contributed by atoms with Crippen molar-refractivity contribution in [1.29, 1.82) is 0 Å². The Balaban J connectivity index is 1.94. The normalized spacial score (nSPS) is 10.7. The smallest absolute Gasteiger partial charge is 0.233 e. The van der Waals surface area contributed by atoms with Gasteiger partial charge >= 0.3 is 0 Å². The number of nitrogens with one attached hydrogen (secondary N) is 3. The van der Waals surface area contributed by atoms with Crippen LogP contribution in [0.1, 0.15) is 13.3 Å². The summed E-state index contributed by atoms with van der Waals surface area (Å²) in [5.74, 6) is 1.58. The maximum Gasteiger partial charge on any atom is 0.233 e. The second-order valence-electron chi connectivity index (χ2n) is 4.12. The van der Waals surface area contributed by atoms with Gasteiger partial charge in [0.15, 0.2) is 11.5 Å². The minimum atomic E-state index is 0.411. The number of anilines is 3. The number of aromatic amines is 1. The number of nitrogens with zero attached hydrogens (tertiary/aromatic N) is 5. The fourth-order valence-electron chi connectivity index (χ4n) is 1.72. The summed E-state index contributed by atoms with van der Waals surface area (Å²) >= 11 is 0. The van der Waals surface area contributed by atoms with E-state index in [1.54, 1.807) is 24.8 Å². The zero-order valence-electron chi connectivity index (χ0n) is 11.0. The van der Waals surface area contributed by atoms with Crippen LogP contribution >= 0.6 is 0 Å². The van der Waals surface area contributed by atoms with E-state index in [4.69, 9.17) is 0 Å². The van der Waals surface area contributed by atoms with Crippen molar-refractivity contribution < 1.29 is 0 Å². The highest BCUT2D eigenvalue weighted by Gasteiger charge is 2.10. The lowest BCUT2D eigenvalue weighted by Crippen LogP contribution is -2.07. The molecule has 0 saturated heterocycles. The molecule has 0 aliphatic heterocycles. The highest BCUT2D eigenvalue weighted by molar-refractivity contribution is 5.83. The molecule has 0 saturated carbocycles. The van der Waals surface area contributed by atoms with E-state index in [1.807, 2.05) is 0 Å². The van der Waals surface area contributed by atoms with E-state index in [9.17, 15) is 0 Å². The van der Waals surface area contributed by atoms with E-state index in [1.165, 1.54) is 0 Å². The van der Waals surface area contributed by atoms with E-state index in [0.29, 0.717) is 23.4 Å². The average molecular weight is 270 g/mol. The summed E-state index contributed by atoms with van der Waals surface area (Å²) in [6.45, 7) is 2.92. The first-order chi connectivity index (χ1) is 9.86. The van der Waals surface area contributed by atoms with E-state index < -0.39 is 0 Å². The van der Waals surface area contributed by atoms with Crippen molar-refractivity contribution in [2.24, 2.45) is 0 Å². The maximum absolute atomic E-state index is 4.42. The van der Waals surface area contributed by atoms with Gasteiger partial charge in [-0.25, -0.2) is 15.0 Å². The predicted octanol–water partition coefficient (Wildman–Crippen LogP) is 1.71. The Labute approximate surface area is 115 Å². The molecule has 0 aliphatic carbocycles. The van der Waals surface area contributed by atoms with Crippen LogP contribution in [-0.2, 0) is 0 Å². The minimum absolute atomic E-state index is 0.411. The van der Waals surface area contributed by atoms with Gasteiger partial charge in [0, 0.05) is 18.9 Å². The molecular weight excluding hydrogens is 256 g/mol. The molecule has 0 atom stereocenters. The lowest BCUT2D eigenvalue weighted by Gasteiger charge is -2.07. The Bertz CT molecular complexity index is 693. The average Bonchev–Trinajstić information content (AvgIpc) is 2.94. The van der Waals surface area contributed by atoms with Crippen molar-refractivity contribution in [2.75, 3.05) is 17.2 Å². The number of imidazole rings is 1. The Morgan fingerprint density at radius 3 is 2.75 bits per heavy atom. The molecule has 3 aromatic rings. The molecule has 8 heteroatoms. The van der Waals surface area contributed by atoms with Crippen molar-refractivity contribution in [2.45, 2.75) is 13.3 Å². The summed E-state index contributed by atoms with van der Waals surface area (Å²) in [7, 11) is 0. The number of fused-ring (bicyclic) bond motifs is 1. The van der Waals surface area contributed by atoms with Gasteiger partial charge in [0.1, 0.15) is 5.52 Å². The van der Waals surface area contributed by atoms with Crippen molar-refractivity contribution in [3.8, 4) is 0 Å². The van der Waals surface area contributed by atoms with Crippen LogP contribution in [0.15, 0.2) is 24.8 Å². The maximum atomic E-state index is 4.42. The molecular formula is C12H14N8. The molecule has 3 aromatic heterocycles. The molecule has 8 nitrogen and oxygen atoms in total. The number of rotatable bonds is 5. The third kappa shape index (κ3) is 2.48. The molecule has 0 aromatic carbocycles. The van der Waals surface area contributed by atoms with Gasteiger partial charge in [0.05, 0.1) is 6.33 Å². The molecule has 0 unspecified atom stereocenters. The molecule has 3 N–H and O–H groups in total. The molecule has 102 valence electrons. The third-order valence-corrected chi connectivity index (χ3v) is 2.62. The van der Waals surface area contributed by atoms with Crippen LogP contribution in [0.4, 0.5) is 17.7 Å². The van der Waals surface area contributed by atoms with Gasteiger partial charge in [-0.2, -0.15) is 9.97 Å². The van der Waals surface area contributed by atoms with Crippen molar-refractivity contribution in [3.63, 3.8) is 0 Å². The van der Waals surface area contributed by atoms with Crippen LogP contribution in [0.3, 0.4) is 0 Å². The van der Waals surface area contributed by atoms with Crippen LogP contribution in [0.25, 0.3) is 11.2 Å². The largest absolute Gasteiger partial charge is 0.368 e. The second kappa shape index (κ2) is 5.47. The standard InChI is InChI=1S/C12H14N8/c1-2-4-13-9-8-10(17-7-16-8)19-12(18-9)20-11-14-5-3-6-15-11/h3,5-7H,2,4H2,1H3,(H3,13,14,15,16,17,18,19,20). The second-order valence-corrected chi connectivity index (χ2v) is 4.12. The van der Waals surface area contributed by atoms with Gasteiger partial charge in [-0.1, -0.05) is 6.92 Å². The topological polar surface area (TPSA) is 104 Å². The summed E-state index contributed by atoms with van der Waals surface area (Å²) in [5.41, 5.74) is 1.38. The van der Waals surface area contributed by atoms with Crippen molar-refractivity contribution in [3.05, 3.63) is 24.8 Å². The van der Waals surface area contributed by atoms with Gasteiger partial charge in [0.25, 0.3) is 0 Å². The SMILES string of the molecule is CCCNc1nc(Nc2ncccn2)nc2nc[nH]c12. The highest BCUT2D eigenvalue weighted by atomic mass is 15.2. The Hall–Kier alpha value is -2.77. The highest BCUT2D eigenvalue weighted by Crippen LogP contribution is 2.19. The molecule has 3 rings (SSSR count). The van der Waals surface area contributed by atoms with Crippen LogP contribution < -0.4 is 10.6 Å². The summed E-state index contributed by atoms with van der Waals surface area (Å²) in [4.78, 5) is 24.1. The first-order valence-corrected chi connectivity index (χ1v) is 6.36. The number of hydrogen-bond acceptors (Lipinski definition) is 7. The van der Waals surface area contributed by atoms with E-state index >= 15 is 0 Å². The van der Waals surface area contributed by atoms with E-state index in [-0.39, 0.29) is 0 Å². The first-order valence-electron chi connectivity index (χ1n) is 6.36. The molecule has 0 aliphatic rings. The molecule has 0 fully saturated rings. The fraction of sp³-hybridized carbons (Fsp3) is 0.250. The lowest BCUT2D eigenvalue weighted by molar-refractivity contribution is 0.968. The van der Waals surface area contributed by atoms with Crippen molar-refractivity contribution in [1.82, 2.24) is 29.9 Å². The van der Waals surface area contributed by atoms with Crippen LogP contribution in [-0.4, -0.2) is 36.4 Å². The Morgan fingerprint density at radius 2 is 1.95 bits per heavy atom. The quantitative estimate of drug-likeness (QED) is 0.648. The summed E-state index contributed by atoms with van der Waals surface area (Å²) in [6, 6.07) is 1.75. The summed E-state index contributed by atoms with van der Waals surface area (Å²) < 4.78 is 0. The molecule has 3 heterocycles. The number of H-pyrrole nitrogens is 1. The molecule has 0 amide bonds. The van der Waals surface area contributed by atoms with Gasteiger partial charge in [0.2, 0.25) is 11.9 Å². The molecule has 0 spiro atoms. The van der Waals surface area contributed by atoms with Gasteiger partial charge in [-0.3, -0.25) is 5.32 Å². The number of aromatic nitrogens is 6. The van der Waals surface area contributed by atoms with E-state index in [0.717, 1.165) is 18.5 Å². The van der Waals surface area contributed by atoms with Gasteiger partial charge < -0.3 is 10.3 Å². The minimum Gasteiger partial charge on any atom is -0.368 e. The Morgan fingerprint density at radius 1 is 1.10 bits per heavy atom. The zero-order chi connectivity index (χ0) is 13.8. The molecule has 0 radical (unpaired) electrons. The molecule has 20 heavy (non-hydrogen) atoms. The van der Waals surface area contributed by atoms with Crippen LogP contribution in [0, 0.1) is 0 Å². The van der Waals surface area contributed by atoms with Gasteiger partial charge in [-0.05, 0) is 12.5 Å². The molecule has 0 bridgehead atoms. The number of hydrogen-bond donors (Lipinski definition) is 3. The lowest BCUT2D eigenvalue weighted by atomic mass is 10.4. The Kier molecular flexibility index (Phi) is 3.36. The van der Waals surface area contributed by atoms with Crippen LogP contribution in [0.2, 0.25) is 0 Å². The zero-order valence-corrected chi connectivity index (χ0v) is 11.0. The van der Waals surface area contributed by atoms with Gasteiger partial charge in [-0.15, -0.1) is 0 Å². The predicted molar refractivity (Wildman–Crippen MR) is 75.8 cm³/mol. The van der Waals surface area contributed by atoms with Crippen molar-refractivity contribution >= 4 is 28.9 Å². The first kappa shape index (κ1) is 12.3.